The van der Waals surface area contributed by atoms with Crippen LogP contribution in [0.4, 0.5) is 5.82 Å². The second-order valence-corrected chi connectivity index (χ2v) is 5.88. The molecule has 2 fully saturated rings. The van der Waals surface area contributed by atoms with Crippen molar-refractivity contribution < 1.29 is 9.53 Å². The summed E-state index contributed by atoms with van der Waals surface area (Å²) in [6.45, 7) is 0. The maximum atomic E-state index is 11.1. The summed E-state index contributed by atoms with van der Waals surface area (Å²) in [4.78, 5) is 24.2. The first-order chi connectivity index (χ1) is 11.3. The van der Waals surface area contributed by atoms with E-state index in [9.17, 15) is 4.79 Å². The molecular formula is C16H17N5O2. The van der Waals surface area contributed by atoms with Gasteiger partial charge in [-0.05, 0) is 37.0 Å². The summed E-state index contributed by atoms with van der Waals surface area (Å²) in [6, 6.07) is 5.88. The number of nitrogens with one attached hydrogen (secondary N) is 2. The number of methoxy groups -OCH3 is 1. The van der Waals surface area contributed by atoms with Gasteiger partial charge in [0.15, 0.2) is 17.9 Å². The summed E-state index contributed by atoms with van der Waals surface area (Å²) in [5.74, 6) is 2.89. The van der Waals surface area contributed by atoms with Crippen LogP contribution < -0.4 is 15.6 Å². The minimum atomic E-state index is 0.131. The van der Waals surface area contributed by atoms with Crippen molar-refractivity contribution in [2.45, 2.75) is 25.3 Å². The molecule has 1 saturated carbocycles. The van der Waals surface area contributed by atoms with Gasteiger partial charge in [-0.2, -0.15) is 0 Å². The van der Waals surface area contributed by atoms with Gasteiger partial charge in [0.05, 0.1) is 12.6 Å². The molecule has 118 valence electrons. The highest BCUT2D eigenvalue weighted by atomic mass is 16.5. The number of ether oxygens (including phenoxy) is 1. The van der Waals surface area contributed by atoms with Gasteiger partial charge in [-0.3, -0.25) is 4.79 Å². The van der Waals surface area contributed by atoms with E-state index in [0.717, 1.165) is 23.6 Å². The van der Waals surface area contributed by atoms with E-state index >= 15 is 0 Å². The smallest absolute Gasteiger partial charge is 0.195 e. The van der Waals surface area contributed by atoms with E-state index < -0.39 is 0 Å². The normalized spacial score (nSPS) is 22.3. The third kappa shape index (κ3) is 2.75. The number of carbonyl (C=O) groups is 1. The van der Waals surface area contributed by atoms with Gasteiger partial charge in [0.2, 0.25) is 0 Å². The van der Waals surface area contributed by atoms with Crippen molar-refractivity contribution in [1.82, 2.24) is 20.8 Å². The molecule has 0 spiro atoms. The third-order valence-electron chi connectivity index (χ3n) is 4.25. The number of hydrogen-bond donors (Lipinski definition) is 2. The third-order valence-corrected chi connectivity index (χ3v) is 4.25. The zero-order chi connectivity index (χ0) is 15.8. The van der Waals surface area contributed by atoms with Crippen LogP contribution in [0.15, 0.2) is 23.2 Å². The molecule has 23 heavy (non-hydrogen) atoms. The Morgan fingerprint density at radius 2 is 2.22 bits per heavy atom. The molecule has 0 amide bonds. The monoisotopic (exact) mass is 311 g/mol. The molecule has 1 atom stereocenters. The van der Waals surface area contributed by atoms with Gasteiger partial charge < -0.3 is 10.2 Å². The van der Waals surface area contributed by atoms with Gasteiger partial charge in [0.1, 0.15) is 11.6 Å². The average molecular weight is 311 g/mol. The molecule has 2 aliphatic rings. The fraction of sp³-hybridized carbons (Fsp3) is 0.375. The number of aldehydes is 1. The van der Waals surface area contributed by atoms with Crippen molar-refractivity contribution >= 4 is 28.8 Å². The molecule has 1 saturated heterocycles. The standard InChI is InChI=1S/C16H17N5O2/c1-23-10-4-5-12-11(6-10)16(19-15(8-22)17-12)18-14-7-13(20-21-14)9-2-3-9/h4-6,8-9,13,20H,2-3,7H2,1H3,(H,17,18,19,21). The summed E-state index contributed by atoms with van der Waals surface area (Å²) in [7, 11) is 1.61. The SMILES string of the molecule is COc1ccc2nc(C=O)nc(N=C3CC(C4CC4)NN3)c2c1. The van der Waals surface area contributed by atoms with E-state index in [4.69, 9.17) is 4.74 Å². The molecule has 0 radical (unpaired) electrons. The van der Waals surface area contributed by atoms with Gasteiger partial charge in [-0.15, -0.1) is 0 Å². The van der Waals surface area contributed by atoms with Crippen LogP contribution in [0, 0.1) is 5.92 Å². The summed E-state index contributed by atoms with van der Waals surface area (Å²) in [5.41, 5.74) is 7.07. The number of fused-ring (bicyclic) bond motifs is 1. The van der Waals surface area contributed by atoms with E-state index in [-0.39, 0.29) is 5.82 Å². The maximum Gasteiger partial charge on any atom is 0.195 e. The lowest BCUT2D eigenvalue weighted by atomic mass is 10.1. The fourth-order valence-corrected chi connectivity index (χ4v) is 2.84. The molecule has 2 N–H and O–H groups in total. The summed E-state index contributed by atoms with van der Waals surface area (Å²) in [6.07, 6.45) is 4.03. The lowest BCUT2D eigenvalue weighted by molar-refractivity contribution is 0.111. The number of hydrogen-bond acceptors (Lipinski definition) is 6. The van der Waals surface area contributed by atoms with Crippen LogP contribution in [0.2, 0.25) is 0 Å². The zero-order valence-corrected chi connectivity index (χ0v) is 12.7. The lowest BCUT2D eigenvalue weighted by Crippen LogP contribution is -2.32. The Morgan fingerprint density at radius 1 is 1.35 bits per heavy atom. The molecule has 1 aromatic carbocycles. The molecule has 2 heterocycles. The van der Waals surface area contributed by atoms with Gasteiger partial charge >= 0.3 is 0 Å². The first-order valence-electron chi connectivity index (χ1n) is 7.67. The predicted molar refractivity (Wildman–Crippen MR) is 86.0 cm³/mol. The number of hydrazine groups is 1. The van der Waals surface area contributed by atoms with Crippen molar-refractivity contribution in [3.05, 3.63) is 24.0 Å². The number of carbonyl (C=O) groups excluding carboxylic acids is 1. The Kier molecular flexibility index (Phi) is 3.42. The largest absolute Gasteiger partial charge is 0.497 e. The van der Waals surface area contributed by atoms with Crippen molar-refractivity contribution in [1.29, 1.82) is 0 Å². The topological polar surface area (TPSA) is 88.5 Å². The Labute approximate surface area is 133 Å². The van der Waals surface area contributed by atoms with Gasteiger partial charge in [0, 0.05) is 17.8 Å². The average Bonchev–Trinajstić information content (AvgIpc) is 3.34. The molecule has 1 aromatic heterocycles. The van der Waals surface area contributed by atoms with Crippen LogP contribution in [0.5, 0.6) is 5.75 Å². The van der Waals surface area contributed by atoms with Crippen molar-refractivity contribution in [3.8, 4) is 5.75 Å². The number of benzene rings is 1. The highest BCUT2D eigenvalue weighted by Gasteiger charge is 2.35. The summed E-state index contributed by atoms with van der Waals surface area (Å²) in [5, 5.41) is 0.763. The molecule has 1 aliphatic carbocycles. The molecule has 7 nitrogen and oxygen atoms in total. The number of amidine groups is 1. The van der Waals surface area contributed by atoms with Gasteiger partial charge in [-0.25, -0.2) is 20.4 Å². The molecule has 1 unspecified atom stereocenters. The van der Waals surface area contributed by atoms with Gasteiger partial charge in [-0.1, -0.05) is 0 Å². The van der Waals surface area contributed by atoms with Crippen molar-refractivity contribution in [2.75, 3.05) is 7.11 Å². The Balaban J connectivity index is 1.76. The number of aliphatic imine (C=N–C) groups is 1. The first-order valence-corrected chi connectivity index (χ1v) is 7.67. The van der Waals surface area contributed by atoms with Crippen LogP contribution in [0.25, 0.3) is 10.9 Å². The maximum absolute atomic E-state index is 11.1. The summed E-state index contributed by atoms with van der Waals surface area (Å²) >= 11 is 0. The number of rotatable bonds is 4. The summed E-state index contributed by atoms with van der Waals surface area (Å²) < 4.78 is 5.26. The van der Waals surface area contributed by atoms with E-state index in [1.807, 2.05) is 6.07 Å². The molecular weight excluding hydrogens is 294 g/mol. The highest BCUT2D eigenvalue weighted by molar-refractivity contribution is 5.95. The van der Waals surface area contributed by atoms with E-state index in [0.29, 0.717) is 29.4 Å². The highest BCUT2D eigenvalue weighted by Crippen LogP contribution is 2.35. The Hall–Kier alpha value is -2.54. The van der Waals surface area contributed by atoms with Crippen LogP contribution in [-0.4, -0.2) is 35.2 Å². The van der Waals surface area contributed by atoms with Crippen LogP contribution in [-0.2, 0) is 0 Å². The predicted octanol–water partition coefficient (Wildman–Crippen LogP) is 1.76. The lowest BCUT2D eigenvalue weighted by Gasteiger charge is -2.06. The molecule has 4 rings (SSSR count). The van der Waals surface area contributed by atoms with E-state index in [2.05, 4.69) is 25.8 Å². The quantitative estimate of drug-likeness (QED) is 0.836. The Bertz CT molecular complexity index is 800. The van der Waals surface area contributed by atoms with Crippen molar-refractivity contribution in [3.63, 3.8) is 0 Å². The van der Waals surface area contributed by atoms with E-state index in [1.54, 1.807) is 19.2 Å². The minimum Gasteiger partial charge on any atom is -0.497 e. The van der Waals surface area contributed by atoms with Crippen LogP contribution >= 0.6 is 0 Å². The molecule has 0 bridgehead atoms. The second kappa shape index (κ2) is 5.58. The second-order valence-electron chi connectivity index (χ2n) is 5.88. The van der Waals surface area contributed by atoms with Crippen molar-refractivity contribution in [2.24, 2.45) is 10.9 Å². The zero-order valence-electron chi connectivity index (χ0n) is 12.7. The van der Waals surface area contributed by atoms with Gasteiger partial charge in [0.25, 0.3) is 0 Å². The fourth-order valence-electron chi connectivity index (χ4n) is 2.84. The Morgan fingerprint density at radius 3 is 2.96 bits per heavy atom. The number of aromatic nitrogens is 2. The molecule has 1 aliphatic heterocycles. The van der Waals surface area contributed by atoms with E-state index in [1.165, 1.54) is 12.8 Å². The number of nitrogens with zero attached hydrogens (tertiary/aromatic N) is 3. The molecule has 7 heteroatoms. The minimum absolute atomic E-state index is 0.131. The van der Waals surface area contributed by atoms with Crippen LogP contribution in [0.3, 0.4) is 0 Å². The van der Waals surface area contributed by atoms with Crippen LogP contribution in [0.1, 0.15) is 29.9 Å². The molecule has 2 aromatic rings. The first kappa shape index (κ1) is 14.1.